The average Bonchev–Trinajstić information content (AvgIpc) is 2.63. The van der Waals surface area contributed by atoms with Crippen LogP contribution in [-0.4, -0.2) is 90.7 Å². The van der Waals surface area contributed by atoms with Crippen molar-refractivity contribution in [2.75, 3.05) is 45.8 Å². The Labute approximate surface area is 158 Å². The maximum Gasteiger partial charge on any atom is 0.547 e. The molecule has 3 rings (SSSR count). The third-order valence-electron chi connectivity index (χ3n) is 4.97. The molecular formula is C17H25BN4O5. The number of aromatic carboxylic acids is 1. The summed E-state index contributed by atoms with van der Waals surface area (Å²) in [5, 5.41) is 22.2. The number of rotatable bonds is 6. The van der Waals surface area contributed by atoms with Gasteiger partial charge < -0.3 is 25.8 Å². The SMILES string of the molecule is NCCN1CCN(CC(=O)N[C@H]2Cc3cccc(C(=O)O)c3OB2O)CC1. The summed E-state index contributed by atoms with van der Waals surface area (Å²) in [5.74, 6) is -1.75. The first-order valence-electron chi connectivity index (χ1n) is 9.12. The lowest BCUT2D eigenvalue weighted by molar-refractivity contribution is -0.123. The van der Waals surface area contributed by atoms with Gasteiger partial charge in [-0.1, -0.05) is 12.1 Å². The van der Waals surface area contributed by atoms with Crippen molar-refractivity contribution in [2.45, 2.75) is 12.4 Å². The molecule has 1 fully saturated rings. The van der Waals surface area contributed by atoms with E-state index in [4.69, 9.17) is 10.4 Å². The summed E-state index contributed by atoms with van der Waals surface area (Å²) in [4.78, 5) is 28.0. The lowest BCUT2D eigenvalue weighted by atomic mass is 9.72. The van der Waals surface area contributed by atoms with Crippen molar-refractivity contribution in [2.24, 2.45) is 5.73 Å². The highest BCUT2D eigenvalue weighted by Gasteiger charge is 2.37. The third kappa shape index (κ3) is 4.78. The van der Waals surface area contributed by atoms with Crippen LogP contribution in [0.1, 0.15) is 15.9 Å². The number of para-hydroxylation sites is 1. The fourth-order valence-corrected chi connectivity index (χ4v) is 3.53. The maximum absolute atomic E-state index is 12.4. The number of carbonyl (C=O) groups excluding carboxylic acids is 1. The molecule has 5 N–H and O–H groups in total. The molecule has 1 atom stereocenters. The van der Waals surface area contributed by atoms with Gasteiger partial charge in [-0.05, 0) is 18.1 Å². The number of benzene rings is 1. The van der Waals surface area contributed by atoms with Gasteiger partial charge in [0.05, 0.1) is 18.0 Å². The van der Waals surface area contributed by atoms with Crippen molar-refractivity contribution in [3.63, 3.8) is 0 Å². The lowest BCUT2D eigenvalue weighted by Crippen LogP contribution is -2.56. The molecule has 0 radical (unpaired) electrons. The Kier molecular flexibility index (Phi) is 6.32. The summed E-state index contributed by atoms with van der Waals surface area (Å²) in [6.45, 7) is 5.09. The van der Waals surface area contributed by atoms with Crippen molar-refractivity contribution in [1.29, 1.82) is 0 Å². The molecule has 146 valence electrons. The van der Waals surface area contributed by atoms with Gasteiger partial charge in [-0.15, -0.1) is 0 Å². The van der Waals surface area contributed by atoms with E-state index in [1.165, 1.54) is 6.07 Å². The number of nitrogens with zero attached hydrogens (tertiary/aromatic N) is 2. The van der Waals surface area contributed by atoms with Crippen LogP contribution in [0.3, 0.4) is 0 Å². The Morgan fingerprint density at radius 1 is 1.26 bits per heavy atom. The maximum atomic E-state index is 12.4. The zero-order valence-electron chi connectivity index (χ0n) is 15.1. The van der Waals surface area contributed by atoms with Crippen LogP contribution >= 0.6 is 0 Å². The Hall–Kier alpha value is -2.14. The highest BCUT2D eigenvalue weighted by molar-refractivity contribution is 6.47. The van der Waals surface area contributed by atoms with E-state index >= 15 is 0 Å². The van der Waals surface area contributed by atoms with E-state index < -0.39 is 19.0 Å². The van der Waals surface area contributed by atoms with Gasteiger partial charge in [-0.3, -0.25) is 14.6 Å². The fraction of sp³-hybridized carbons (Fsp3) is 0.529. The number of piperazine rings is 1. The topological polar surface area (TPSA) is 128 Å². The predicted molar refractivity (Wildman–Crippen MR) is 99.6 cm³/mol. The highest BCUT2D eigenvalue weighted by atomic mass is 16.5. The summed E-state index contributed by atoms with van der Waals surface area (Å²) in [6, 6.07) is 4.80. The minimum Gasteiger partial charge on any atom is -0.534 e. The van der Waals surface area contributed by atoms with Gasteiger partial charge in [0.15, 0.2) is 0 Å². The van der Waals surface area contributed by atoms with Crippen molar-refractivity contribution in [3.8, 4) is 5.75 Å². The number of carboxylic acid groups (broad SMARTS) is 1. The van der Waals surface area contributed by atoms with E-state index in [2.05, 4.69) is 15.1 Å². The summed E-state index contributed by atoms with van der Waals surface area (Å²) in [7, 11) is -1.29. The molecule has 1 amide bonds. The van der Waals surface area contributed by atoms with Gasteiger partial charge in [0.2, 0.25) is 5.91 Å². The van der Waals surface area contributed by atoms with Gasteiger partial charge in [-0.2, -0.15) is 0 Å². The first kappa shape index (κ1) is 19.6. The molecule has 2 aliphatic rings. The van der Waals surface area contributed by atoms with E-state index in [1.807, 2.05) is 0 Å². The van der Waals surface area contributed by atoms with Crippen molar-refractivity contribution in [3.05, 3.63) is 29.3 Å². The fourth-order valence-electron chi connectivity index (χ4n) is 3.53. The lowest BCUT2D eigenvalue weighted by Gasteiger charge is -2.34. The monoisotopic (exact) mass is 376 g/mol. The second-order valence-electron chi connectivity index (χ2n) is 6.89. The molecule has 1 saturated heterocycles. The number of hydrogen-bond acceptors (Lipinski definition) is 7. The molecule has 2 aliphatic heterocycles. The van der Waals surface area contributed by atoms with E-state index in [1.54, 1.807) is 12.1 Å². The molecule has 0 spiro atoms. The molecule has 9 nitrogen and oxygen atoms in total. The van der Waals surface area contributed by atoms with Gasteiger partial charge in [0.25, 0.3) is 0 Å². The van der Waals surface area contributed by atoms with Gasteiger partial charge in [0, 0.05) is 39.3 Å². The van der Waals surface area contributed by atoms with E-state index in [9.17, 15) is 19.7 Å². The zero-order chi connectivity index (χ0) is 19.4. The quantitative estimate of drug-likeness (QED) is 0.437. The first-order valence-corrected chi connectivity index (χ1v) is 9.12. The summed E-state index contributed by atoms with van der Waals surface area (Å²) in [6.07, 6.45) is 0.313. The van der Waals surface area contributed by atoms with Crippen molar-refractivity contribution in [1.82, 2.24) is 15.1 Å². The van der Waals surface area contributed by atoms with Crippen LogP contribution < -0.4 is 15.7 Å². The number of nitrogens with two attached hydrogens (primary N) is 1. The second kappa shape index (κ2) is 8.70. The van der Waals surface area contributed by atoms with Gasteiger partial charge in [0.1, 0.15) is 5.75 Å². The van der Waals surface area contributed by atoms with Crippen LogP contribution in [0.5, 0.6) is 5.75 Å². The number of carbonyl (C=O) groups is 2. The number of nitrogens with one attached hydrogen (secondary N) is 1. The minimum atomic E-state index is -1.29. The van der Waals surface area contributed by atoms with Crippen molar-refractivity contribution >= 4 is 19.0 Å². The summed E-state index contributed by atoms with van der Waals surface area (Å²) < 4.78 is 5.40. The van der Waals surface area contributed by atoms with Crippen LogP contribution in [-0.2, 0) is 11.2 Å². The van der Waals surface area contributed by atoms with Crippen LogP contribution in [0.4, 0.5) is 0 Å². The highest BCUT2D eigenvalue weighted by Crippen LogP contribution is 2.30. The normalized spacial score (nSPS) is 20.7. The van der Waals surface area contributed by atoms with Crippen LogP contribution in [0.15, 0.2) is 18.2 Å². The second-order valence-corrected chi connectivity index (χ2v) is 6.89. The molecule has 1 aromatic carbocycles. The number of hydrogen-bond donors (Lipinski definition) is 4. The smallest absolute Gasteiger partial charge is 0.534 e. The summed E-state index contributed by atoms with van der Waals surface area (Å²) in [5.41, 5.74) is 6.22. The molecule has 0 saturated carbocycles. The molecule has 2 heterocycles. The Morgan fingerprint density at radius 2 is 1.96 bits per heavy atom. The molecule has 0 aromatic heterocycles. The van der Waals surface area contributed by atoms with E-state index in [0.29, 0.717) is 18.5 Å². The molecule has 27 heavy (non-hydrogen) atoms. The molecule has 0 aliphatic carbocycles. The van der Waals surface area contributed by atoms with Crippen LogP contribution in [0.25, 0.3) is 0 Å². The van der Waals surface area contributed by atoms with E-state index in [-0.39, 0.29) is 23.8 Å². The zero-order valence-corrected chi connectivity index (χ0v) is 15.1. The molecule has 0 unspecified atom stereocenters. The molecule has 0 bridgehead atoms. The Morgan fingerprint density at radius 3 is 2.63 bits per heavy atom. The number of amides is 1. The van der Waals surface area contributed by atoms with Gasteiger partial charge >= 0.3 is 13.1 Å². The predicted octanol–water partition coefficient (Wildman–Crippen LogP) is -1.60. The standard InChI is InChI=1S/C17H25BN4O5/c19-4-5-21-6-8-22(9-7-21)11-15(23)20-14-10-12-2-1-3-13(17(24)25)16(12)27-18(14)26/h1-3,14,26H,4-11,19H2,(H,20,23)(H,24,25)/t14-/m0/s1. The first-order chi connectivity index (χ1) is 13.0. The average molecular weight is 376 g/mol. The van der Waals surface area contributed by atoms with Crippen molar-refractivity contribution < 1.29 is 24.4 Å². The Bertz CT molecular complexity index is 696. The summed E-state index contributed by atoms with van der Waals surface area (Å²) >= 11 is 0. The Balaban J connectivity index is 1.55. The van der Waals surface area contributed by atoms with E-state index in [0.717, 1.165) is 32.7 Å². The van der Waals surface area contributed by atoms with Crippen LogP contribution in [0.2, 0.25) is 0 Å². The number of fused-ring (bicyclic) bond motifs is 1. The minimum absolute atomic E-state index is 0.00618. The largest absolute Gasteiger partial charge is 0.547 e. The molecule has 1 aromatic rings. The third-order valence-corrected chi connectivity index (χ3v) is 4.97. The van der Waals surface area contributed by atoms with Crippen LogP contribution in [0, 0.1) is 0 Å². The number of carboxylic acids is 1. The molecular weight excluding hydrogens is 351 g/mol. The molecule has 10 heteroatoms. The van der Waals surface area contributed by atoms with Gasteiger partial charge in [-0.25, -0.2) is 4.79 Å².